The third-order valence-electron chi connectivity index (χ3n) is 4.71. The fourth-order valence-corrected chi connectivity index (χ4v) is 5.08. The molecule has 29 heavy (non-hydrogen) atoms. The molecular weight excluding hydrogens is 398 g/mol. The van der Waals surface area contributed by atoms with E-state index in [-0.39, 0.29) is 11.8 Å². The molecule has 146 valence electrons. The molecule has 0 aliphatic carbocycles. The van der Waals surface area contributed by atoms with E-state index in [2.05, 4.69) is 63.8 Å². The molecular formula is C23H21N3OS2. The Labute approximate surface area is 178 Å². The van der Waals surface area contributed by atoms with Crippen molar-refractivity contribution < 1.29 is 4.79 Å². The molecule has 2 aromatic heterocycles. The van der Waals surface area contributed by atoms with E-state index in [0.717, 1.165) is 21.7 Å². The molecule has 0 aliphatic rings. The van der Waals surface area contributed by atoms with E-state index in [4.69, 9.17) is 0 Å². The van der Waals surface area contributed by atoms with Crippen LogP contribution in [0.5, 0.6) is 0 Å². The summed E-state index contributed by atoms with van der Waals surface area (Å²) in [6, 6.07) is 22.9. The SMILES string of the molecule is O=C(CSc1ncnc2ccsc12)NCCC(c1ccccc1)c1ccccc1. The van der Waals surface area contributed by atoms with Crippen LogP contribution in [-0.4, -0.2) is 28.2 Å². The van der Waals surface area contributed by atoms with E-state index in [1.807, 2.05) is 23.6 Å². The molecule has 0 radical (unpaired) electrons. The second-order valence-corrected chi connectivity index (χ2v) is 8.50. The van der Waals surface area contributed by atoms with Crippen LogP contribution in [0.4, 0.5) is 0 Å². The topological polar surface area (TPSA) is 54.9 Å². The molecule has 0 fully saturated rings. The molecule has 2 heterocycles. The predicted octanol–water partition coefficient (Wildman–Crippen LogP) is 5.12. The highest BCUT2D eigenvalue weighted by Crippen LogP contribution is 2.29. The van der Waals surface area contributed by atoms with Gasteiger partial charge in [0.25, 0.3) is 0 Å². The highest BCUT2D eigenvalue weighted by atomic mass is 32.2. The van der Waals surface area contributed by atoms with Crippen molar-refractivity contribution in [2.45, 2.75) is 17.4 Å². The summed E-state index contributed by atoms with van der Waals surface area (Å²) in [7, 11) is 0. The molecule has 0 bridgehead atoms. The van der Waals surface area contributed by atoms with Crippen molar-refractivity contribution in [3.63, 3.8) is 0 Å². The number of nitrogens with zero attached hydrogens (tertiary/aromatic N) is 2. The summed E-state index contributed by atoms with van der Waals surface area (Å²) in [5.74, 6) is 0.641. The van der Waals surface area contributed by atoms with Gasteiger partial charge in [0, 0.05) is 12.5 Å². The third-order valence-corrected chi connectivity index (χ3v) is 6.74. The van der Waals surface area contributed by atoms with Crippen molar-refractivity contribution in [3.05, 3.63) is 89.6 Å². The van der Waals surface area contributed by atoms with Crippen LogP contribution in [-0.2, 0) is 4.79 Å². The lowest BCUT2D eigenvalue weighted by molar-refractivity contribution is -0.118. The molecule has 1 amide bonds. The number of thioether (sulfide) groups is 1. The van der Waals surface area contributed by atoms with Gasteiger partial charge in [-0.2, -0.15) is 0 Å². The Morgan fingerprint density at radius 3 is 2.34 bits per heavy atom. The molecule has 0 saturated heterocycles. The first-order valence-corrected chi connectivity index (χ1v) is 11.4. The van der Waals surface area contributed by atoms with Gasteiger partial charge in [0.05, 0.1) is 16.0 Å². The van der Waals surface area contributed by atoms with E-state index in [1.165, 1.54) is 22.9 Å². The number of carbonyl (C=O) groups excluding carboxylic acids is 1. The number of hydrogen-bond acceptors (Lipinski definition) is 5. The zero-order valence-corrected chi connectivity index (χ0v) is 17.5. The summed E-state index contributed by atoms with van der Waals surface area (Å²) in [6.07, 6.45) is 2.41. The van der Waals surface area contributed by atoms with Crippen molar-refractivity contribution in [3.8, 4) is 0 Å². The number of thiophene rings is 1. The van der Waals surface area contributed by atoms with Crippen LogP contribution in [0.15, 0.2) is 83.5 Å². The second kappa shape index (κ2) is 9.67. The van der Waals surface area contributed by atoms with Gasteiger partial charge in [-0.25, -0.2) is 9.97 Å². The summed E-state index contributed by atoms with van der Waals surface area (Å²) in [6.45, 7) is 0.631. The van der Waals surface area contributed by atoms with Crippen molar-refractivity contribution >= 4 is 39.2 Å². The van der Waals surface area contributed by atoms with E-state index < -0.39 is 0 Å². The van der Waals surface area contributed by atoms with Crippen molar-refractivity contribution in [1.29, 1.82) is 0 Å². The molecule has 4 nitrogen and oxygen atoms in total. The number of aromatic nitrogens is 2. The maximum atomic E-state index is 12.4. The summed E-state index contributed by atoms with van der Waals surface area (Å²) in [4.78, 5) is 20.9. The van der Waals surface area contributed by atoms with Gasteiger partial charge in [-0.1, -0.05) is 72.4 Å². The van der Waals surface area contributed by atoms with Gasteiger partial charge in [-0.15, -0.1) is 11.3 Å². The minimum Gasteiger partial charge on any atom is -0.355 e. The van der Waals surface area contributed by atoms with Crippen molar-refractivity contribution in [1.82, 2.24) is 15.3 Å². The van der Waals surface area contributed by atoms with Crippen molar-refractivity contribution in [2.75, 3.05) is 12.3 Å². The Morgan fingerprint density at radius 1 is 0.966 bits per heavy atom. The van der Waals surface area contributed by atoms with Gasteiger partial charge >= 0.3 is 0 Å². The fourth-order valence-electron chi connectivity index (χ4n) is 3.31. The lowest BCUT2D eigenvalue weighted by Crippen LogP contribution is -2.27. The van der Waals surface area contributed by atoms with Crippen LogP contribution in [0, 0.1) is 0 Å². The summed E-state index contributed by atoms with van der Waals surface area (Å²) >= 11 is 3.07. The van der Waals surface area contributed by atoms with Crippen LogP contribution < -0.4 is 5.32 Å². The molecule has 1 N–H and O–H groups in total. The van der Waals surface area contributed by atoms with Crippen LogP contribution in [0.25, 0.3) is 10.2 Å². The number of rotatable bonds is 8. The first-order valence-electron chi connectivity index (χ1n) is 9.49. The van der Waals surface area contributed by atoms with Gasteiger partial charge in [0.15, 0.2) is 0 Å². The van der Waals surface area contributed by atoms with Crippen LogP contribution in [0.1, 0.15) is 23.5 Å². The van der Waals surface area contributed by atoms with Gasteiger partial charge in [-0.05, 0) is 29.0 Å². The Morgan fingerprint density at radius 2 is 1.66 bits per heavy atom. The molecule has 0 spiro atoms. The van der Waals surface area contributed by atoms with Gasteiger partial charge in [0.2, 0.25) is 5.91 Å². The molecule has 2 aromatic carbocycles. The second-order valence-electron chi connectivity index (χ2n) is 6.62. The maximum Gasteiger partial charge on any atom is 0.230 e. The Hall–Kier alpha value is -2.70. The van der Waals surface area contributed by atoms with Crippen LogP contribution in [0.2, 0.25) is 0 Å². The number of nitrogens with one attached hydrogen (secondary N) is 1. The molecule has 0 unspecified atom stereocenters. The standard InChI is InChI=1S/C23H21N3OS2/c27-21(15-29-23-22-20(12-14-28-22)25-16-26-23)24-13-11-19(17-7-3-1-4-8-17)18-9-5-2-6-10-18/h1-10,12,14,16,19H,11,13,15H2,(H,24,27). The number of fused-ring (bicyclic) bond motifs is 1. The number of benzene rings is 2. The molecule has 0 saturated carbocycles. The molecule has 4 rings (SSSR count). The molecule has 0 atom stereocenters. The number of amides is 1. The van der Waals surface area contributed by atoms with E-state index in [0.29, 0.717) is 12.3 Å². The average Bonchev–Trinajstić information content (AvgIpc) is 3.26. The molecule has 6 heteroatoms. The zero-order chi connectivity index (χ0) is 19.9. The minimum absolute atomic E-state index is 0.0261. The van der Waals surface area contributed by atoms with E-state index >= 15 is 0 Å². The predicted molar refractivity (Wildman–Crippen MR) is 120 cm³/mol. The quantitative estimate of drug-likeness (QED) is 0.318. The highest BCUT2D eigenvalue weighted by Gasteiger charge is 2.14. The monoisotopic (exact) mass is 419 g/mol. The molecule has 4 aromatic rings. The highest BCUT2D eigenvalue weighted by molar-refractivity contribution is 8.00. The van der Waals surface area contributed by atoms with Crippen molar-refractivity contribution in [2.24, 2.45) is 0 Å². The van der Waals surface area contributed by atoms with E-state index in [9.17, 15) is 4.79 Å². The van der Waals surface area contributed by atoms with E-state index in [1.54, 1.807) is 17.7 Å². The summed E-state index contributed by atoms with van der Waals surface area (Å²) in [5.41, 5.74) is 3.47. The number of hydrogen-bond donors (Lipinski definition) is 1. The molecule has 0 aliphatic heterocycles. The first-order chi connectivity index (χ1) is 14.3. The fraction of sp³-hybridized carbons (Fsp3) is 0.174. The lowest BCUT2D eigenvalue weighted by Gasteiger charge is -2.18. The first kappa shape index (κ1) is 19.6. The van der Waals surface area contributed by atoms with Crippen LogP contribution in [0.3, 0.4) is 0 Å². The van der Waals surface area contributed by atoms with Crippen LogP contribution >= 0.6 is 23.1 Å². The van der Waals surface area contributed by atoms with Gasteiger partial charge in [0.1, 0.15) is 11.4 Å². The zero-order valence-electron chi connectivity index (χ0n) is 15.8. The summed E-state index contributed by atoms with van der Waals surface area (Å²) in [5, 5.41) is 5.93. The minimum atomic E-state index is 0.0261. The Balaban J connectivity index is 1.34. The van der Waals surface area contributed by atoms with Gasteiger partial charge < -0.3 is 5.32 Å². The summed E-state index contributed by atoms with van der Waals surface area (Å²) < 4.78 is 1.04. The Bertz CT molecular complexity index is 1030. The lowest BCUT2D eigenvalue weighted by atomic mass is 9.88. The normalized spacial score (nSPS) is 11.1. The smallest absolute Gasteiger partial charge is 0.230 e. The largest absolute Gasteiger partial charge is 0.355 e. The average molecular weight is 420 g/mol. The number of carbonyl (C=O) groups is 1. The van der Waals surface area contributed by atoms with Gasteiger partial charge in [-0.3, -0.25) is 4.79 Å². The maximum absolute atomic E-state index is 12.4. The Kier molecular flexibility index (Phi) is 6.54. The third kappa shape index (κ3) is 5.02.